The molecule has 0 saturated carbocycles. The Balaban J connectivity index is 1.47. The number of nitrogens with one attached hydrogen (secondary N) is 2. The van der Waals surface area contributed by atoms with E-state index < -0.39 is 5.91 Å². The number of amides is 1. The highest BCUT2D eigenvalue weighted by molar-refractivity contribution is 6.40. The second kappa shape index (κ2) is 10.6. The number of carbonyl (C=O) groups excluding carboxylic acids is 1. The molecule has 3 aromatic carbocycles. The Labute approximate surface area is 210 Å². The lowest BCUT2D eigenvalue weighted by molar-refractivity contribution is 0.102. The number of halogens is 3. The first-order chi connectivity index (χ1) is 16.4. The van der Waals surface area contributed by atoms with Crippen molar-refractivity contribution in [3.8, 4) is 17.4 Å². The molecule has 0 aliphatic rings. The van der Waals surface area contributed by atoms with E-state index in [2.05, 4.69) is 20.6 Å². The zero-order valence-corrected chi connectivity index (χ0v) is 19.9. The molecule has 0 saturated heterocycles. The fourth-order valence-electron chi connectivity index (χ4n) is 3.00. The van der Waals surface area contributed by atoms with Crippen molar-refractivity contribution in [2.75, 3.05) is 17.7 Å². The molecule has 7 nitrogen and oxygen atoms in total. The normalized spacial score (nSPS) is 10.5. The molecule has 4 rings (SSSR count). The third kappa shape index (κ3) is 5.69. The molecule has 1 heterocycles. The molecular weight excluding hydrogens is 499 g/mol. The molecule has 0 spiro atoms. The fraction of sp³-hybridized carbons (Fsp3) is 0.0417. The van der Waals surface area contributed by atoms with Gasteiger partial charge in [-0.15, -0.1) is 0 Å². The van der Waals surface area contributed by atoms with E-state index in [1.165, 1.54) is 7.11 Å². The molecule has 34 heavy (non-hydrogen) atoms. The lowest BCUT2D eigenvalue weighted by atomic mass is 10.2. The number of benzene rings is 3. The van der Waals surface area contributed by atoms with Crippen LogP contribution in [0.3, 0.4) is 0 Å². The third-order valence-corrected chi connectivity index (χ3v) is 5.47. The molecule has 0 aliphatic carbocycles. The Kier molecular flexibility index (Phi) is 7.37. The summed E-state index contributed by atoms with van der Waals surface area (Å²) in [6, 6.07) is 18.6. The SMILES string of the molecule is COc1ccc(Oc2ccnc(Nc3cccc(NC(=O)c4c(Cl)cccc4Cl)c3)n2)cc1Cl. The summed E-state index contributed by atoms with van der Waals surface area (Å²) >= 11 is 18.4. The van der Waals surface area contributed by atoms with Crippen molar-refractivity contribution in [3.05, 3.63) is 93.6 Å². The summed E-state index contributed by atoms with van der Waals surface area (Å²) in [5, 5.41) is 6.83. The van der Waals surface area contributed by atoms with E-state index in [0.29, 0.717) is 39.7 Å². The van der Waals surface area contributed by atoms with E-state index in [4.69, 9.17) is 44.3 Å². The second-order valence-electron chi connectivity index (χ2n) is 6.87. The van der Waals surface area contributed by atoms with Crippen LogP contribution in [-0.2, 0) is 0 Å². The van der Waals surface area contributed by atoms with Crippen molar-refractivity contribution in [1.82, 2.24) is 9.97 Å². The highest BCUT2D eigenvalue weighted by Gasteiger charge is 2.15. The number of carbonyl (C=O) groups is 1. The summed E-state index contributed by atoms with van der Waals surface area (Å²) in [6.07, 6.45) is 1.56. The predicted octanol–water partition coefficient (Wildman–Crippen LogP) is 7.23. The molecule has 1 amide bonds. The van der Waals surface area contributed by atoms with E-state index in [1.807, 2.05) is 0 Å². The van der Waals surface area contributed by atoms with E-state index in [-0.39, 0.29) is 15.6 Å². The average Bonchev–Trinajstić information content (AvgIpc) is 2.79. The van der Waals surface area contributed by atoms with Gasteiger partial charge in [0, 0.05) is 29.7 Å². The van der Waals surface area contributed by atoms with Crippen LogP contribution in [0, 0.1) is 0 Å². The van der Waals surface area contributed by atoms with Crippen LogP contribution >= 0.6 is 34.8 Å². The van der Waals surface area contributed by atoms with Gasteiger partial charge >= 0.3 is 0 Å². The molecule has 1 aromatic heterocycles. The Morgan fingerprint density at radius 1 is 0.882 bits per heavy atom. The van der Waals surface area contributed by atoms with Gasteiger partial charge in [0.25, 0.3) is 5.91 Å². The Bertz CT molecular complexity index is 1330. The van der Waals surface area contributed by atoms with Crippen molar-refractivity contribution in [2.24, 2.45) is 0 Å². The number of hydrogen-bond donors (Lipinski definition) is 2. The van der Waals surface area contributed by atoms with Gasteiger partial charge in [0.2, 0.25) is 11.8 Å². The van der Waals surface area contributed by atoms with Crippen LogP contribution < -0.4 is 20.1 Å². The lowest BCUT2D eigenvalue weighted by Gasteiger charge is -2.11. The molecule has 2 N–H and O–H groups in total. The minimum Gasteiger partial charge on any atom is -0.495 e. The molecule has 0 radical (unpaired) electrons. The molecule has 0 aliphatic heterocycles. The average molecular weight is 516 g/mol. The first-order valence-corrected chi connectivity index (χ1v) is 11.0. The first-order valence-electron chi connectivity index (χ1n) is 9.90. The van der Waals surface area contributed by atoms with Gasteiger partial charge in [0.1, 0.15) is 11.5 Å². The van der Waals surface area contributed by atoms with Crippen LogP contribution in [0.5, 0.6) is 17.4 Å². The van der Waals surface area contributed by atoms with Gasteiger partial charge in [-0.2, -0.15) is 4.98 Å². The Morgan fingerprint density at radius 2 is 1.62 bits per heavy atom. The summed E-state index contributed by atoms with van der Waals surface area (Å²) in [5.41, 5.74) is 1.38. The topological polar surface area (TPSA) is 85.4 Å². The molecule has 4 aromatic rings. The van der Waals surface area contributed by atoms with Crippen LogP contribution in [0.1, 0.15) is 10.4 Å². The van der Waals surface area contributed by atoms with Crippen molar-refractivity contribution in [2.45, 2.75) is 0 Å². The standard InChI is InChI=1S/C24H17Cl3N4O3/c1-33-20-9-8-16(13-19(20)27)34-21-10-11-28-24(31-21)30-15-5-2-4-14(12-15)29-23(32)22-17(25)6-3-7-18(22)26/h2-13H,1H3,(H,29,32)(H,28,30,31). The van der Waals surface area contributed by atoms with E-state index in [0.717, 1.165) is 0 Å². The minimum atomic E-state index is -0.419. The van der Waals surface area contributed by atoms with Crippen molar-refractivity contribution >= 4 is 58.0 Å². The number of nitrogens with zero attached hydrogens (tertiary/aromatic N) is 2. The number of anilines is 3. The van der Waals surface area contributed by atoms with Crippen molar-refractivity contribution < 1.29 is 14.3 Å². The summed E-state index contributed by atoms with van der Waals surface area (Å²) in [4.78, 5) is 21.2. The minimum absolute atomic E-state index is 0.205. The van der Waals surface area contributed by atoms with E-state index >= 15 is 0 Å². The second-order valence-corrected chi connectivity index (χ2v) is 8.10. The van der Waals surface area contributed by atoms with Gasteiger partial charge in [-0.3, -0.25) is 4.79 Å². The van der Waals surface area contributed by atoms with E-state index in [9.17, 15) is 4.79 Å². The zero-order chi connectivity index (χ0) is 24.1. The largest absolute Gasteiger partial charge is 0.495 e. The Morgan fingerprint density at radius 3 is 2.35 bits per heavy atom. The number of aromatic nitrogens is 2. The highest BCUT2D eigenvalue weighted by Crippen LogP contribution is 2.31. The highest BCUT2D eigenvalue weighted by atomic mass is 35.5. The number of hydrogen-bond acceptors (Lipinski definition) is 6. The first kappa shape index (κ1) is 23.6. The van der Waals surface area contributed by atoms with Gasteiger partial charge in [-0.1, -0.05) is 46.9 Å². The molecule has 10 heteroatoms. The van der Waals surface area contributed by atoms with Crippen LogP contribution in [0.15, 0.2) is 72.9 Å². The number of rotatable bonds is 7. The summed E-state index contributed by atoms with van der Waals surface area (Å²) in [5.74, 6) is 1.24. The summed E-state index contributed by atoms with van der Waals surface area (Å²) in [7, 11) is 1.54. The maximum Gasteiger partial charge on any atom is 0.258 e. The van der Waals surface area contributed by atoms with Crippen LogP contribution in [-0.4, -0.2) is 23.0 Å². The number of methoxy groups -OCH3 is 1. The quantitative estimate of drug-likeness (QED) is 0.270. The van der Waals surface area contributed by atoms with Crippen LogP contribution in [0.4, 0.5) is 17.3 Å². The third-order valence-electron chi connectivity index (χ3n) is 4.54. The van der Waals surface area contributed by atoms with Gasteiger partial charge < -0.3 is 20.1 Å². The molecule has 0 unspecified atom stereocenters. The van der Waals surface area contributed by atoms with Gasteiger partial charge in [0.15, 0.2) is 0 Å². The van der Waals surface area contributed by atoms with Crippen LogP contribution in [0.2, 0.25) is 15.1 Å². The fourth-order valence-corrected chi connectivity index (χ4v) is 3.82. The number of ether oxygens (including phenoxy) is 2. The van der Waals surface area contributed by atoms with Crippen molar-refractivity contribution in [3.63, 3.8) is 0 Å². The maximum absolute atomic E-state index is 12.6. The molecule has 0 atom stereocenters. The van der Waals surface area contributed by atoms with Gasteiger partial charge in [0.05, 0.1) is 27.7 Å². The molecular formula is C24H17Cl3N4O3. The smallest absolute Gasteiger partial charge is 0.258 e. The maximum atomic E-state index is 12.6. The Hall–Kier alpha value is -3.52. The predicted molar refractivity (Wildman–Crippen MR) is 134 cm³/mol. The van der Waals surface area contributed by atoms with Crippen molar-refractivity contribution in [1.29, 1.82) is 0 Å². The molecule has 172 valence electrons. The summed E-state index contributed by atoms with van der Waals surface area (Å²) < 4.78 is 10.9. The van der Waals surface area contributed by atoms with Gasteiger partial charge in [-0.05, 0) is 42.5 Å². The summed E-state index contributed by atoms with van der Waals surface area (Å²) in [6.45, 7) is 0. The van der Waals surface area contributed by atoms with E-state index in [1.54, 1.807) is 72.9 Å². The zero-order valence-electron chi connectivity index (χ0n) is 17.7. The lowest BCUT2D eigenvalue weighted by Crippen LogP contribution is -2.13. The molecule has 0 bridgehead atoms. The van der Waals surface area contributed by atoms with Gasteiger partial charge in [-0.25, -0.2) is 4.98 Å². The monoisotopic (exact) mass is 514 g/mol. The molecule has 0 fully saturated rings. The van der Waals surface area contributed by atoms with Crippen LogP contribution in [0.25, 0.3) is 0 Å².